The van der Waals surface area contributed by atoms with Crippen LogP contribution in [0.5, 0.6) is 0 Å². The third-order valence-electron chi connectivity index (χ3n) is 4.40. The minimum absolute atomic E-state index is 0.317. The smallest absolute Gasteiger partial charge is 0.226 e. The van der Waals surface area contributed by atoms with E-state index in [1.807, 2.05) is 0 Å². The minimum Gasteiger partial charge on any atom is -0.337 e. The second kappa shape index (κ2) is 7.13. The first-order chi connectivity index (χ1) is 8.83. The van der Waals surface area contributed by atoms with Crippen LogP contribution in [0.15, 0.2) is 0 Å². The van der Waals surface area contributed by atoms with E-state index in [4.69, 9.17) is 0 Å². The zero-order valence-electron chi connectivity index (χ0n) is 11.8. The Morgan fingerprint density at radius 3 is 2.22 bits per heavy atom. The summed E-state index contributed by atoms with van der Waals surface area (Å²) in [7, 11) is 0. The third-order valence-corrected chi connectivity index (χ3v) is 4.40. The summed E-state index contributed by atoms with van der Waals surface area (Å²) in [5.74, 6) is 0.766. The summed E-state index contributed by atoms with van der Waals surface area (Å²) in [5, 5.41) is 3.29. The summed E-state index contributed by atoms with van der Waals surface area (Å²) < 4.78 is 0. The Balaban J connectivity index is 1.92. The molecule has 0 unspecified atom stereocenters. The van der Waals surface area contributed by atoms with Crippen LogP contribution >= 0.6 is 0 Å². The van der Waals surface area contributed by atoms with E-state index in [-0.39, 0.29) is 0 Å². The predicted octanol–water partition coefficient (Wildman–Crippen LogP) is 2.56. The van der Waals surface area contributed by atoms with Crippen molar-refractivity contribution in [3.05, 3.63) is 0 Å². The van der Waals surface area contributed by atoms with Crippen LogP contribution in [-0.4, -0.2) is 36.5 Å². The highest BCUT2D eigenvalue weighted by Gasteiger charge is 2.31. The lowest BCUT2D eigenvalue weighted by molar-refractivity contribution is -0.139. The molecule has 1 aliphatic heterocycles. The van der Waals surface area contributed by atoms with Gasteiger partial charge in [-0.1, -0.05) is 39.0 Å². The average Bonchev–Trinajstić information content (AvgIpc) is 2.25. The molecule has 2 rings (SSSR count). The van der Waals surface area contributed by atoms with E-state index < -0.39 is 0 Å². The summed E-state index contributed by atoms with van der Waals surface area (Å²) in [5.41, 5.74) is 0. The summed E-state index contributed by atoms with van der Waals surface area (Å²) >= 11 is 0. The quantitative estimate of drug-likeness (QED) is 0.834. The number of carbonyl (C=O) groups is 1. The molecule has 0 aromatic rings. The van der Waals surface area contributed by atoms with E-state index in [2.05, 4.69) is 17.1 Å². The second-order valence-electron chi connectivity index (χ2n) is 5.89. The lowest BCUT2D eigenvalue weighted by Crippen LogP contribution is -2.60. The number of hydrogen-bond acceptors (Lipinski definition) is 2. The Morgan fingerprint density at radius 1 is 1.11 bits per heavy atom. The molecule has 104 valence electrons. The summed E-state index contributed by atoms with van der Waals surface area (Å²) in [6.45, 7) is 5.11. The van der Waals surface area contributed by atoms with E-state index >= 15 is 0 Å². The first kappa shape index (κ1) is 13.9. The van der Waals surface area contributed by atoms with Gasteiger partial charge in [0.05, 0.1) is 6.04 Å². The van der Waals surface area contributed by atoms with Crippen molar-refractivity contribution in [3.63, 3.8) is 0 Å². The molecular formula is C15H28N2O. The van der Waals surface area contributed by atoms with Crippen LogP contribution < -0.4 is 5.32 Å². The lowest BCUT2D eigenvalue weighted by atomic mass is 9.89. The van der Waals surface area contributed by atoms with Crippen molar-refractivity contribution in [1.29, 1.82) is 0 Å². The largest absolute Gasteiger partial charge is 0.337 e. The van der Waals surface area contributed by atoms with Crippen molar-refractivity contribution in [2.75, 3.05) is 19.6 Å². The first-order valence-electron chi connectivity index (χ1n) is 7.84. The third kappa shape index (κ3) is 3.47. The number of carbonyl (C=O) groups excluding carboxylic acids is 1. The summed E-state index contributed by atoms with van der Waals surface area (Å²) in [6, 6.07) is 0.475. The normalized spacial score (nSPS) is 22.9. The van der Waals surface area contributed by atoms with Gasteiger partial charge in [-0.15, -0.1) is 0 Å². The van der Waals surface area contributed by atoms with Gasteiger partial charge in [0.1, 0.15) is 0 Å². The molecule has 1 heterocycles. The van der Waals surface area contributed by atoms with Crippen LogP contribution in [0.3, 0.4) is 0 Å². The van der Waals surface area contributed by atoms with Crippen LogP contribution in [0.4, 0.5) is 0 Å². The predicted molar refractivity (Wildman–Crippen MR) is 74.5 cm³/mol. The fourth-order valence-electron chi connectivity index (χ4n) is 3.15. The Morgan fingerprint density at radius 2 is 1.72 bits per heavy atom. The topological polar surface area (TPSA) is 32.3 Å². The van der Waals surface area contributed by atoms with E-state index in [9.17, 15) is 4.79 Å². The van der Waals surface area contributed by atoms with Crippen molar-refractivity contribution in [2.24, 2.45) is 5.92 Å². The molecule has 2 fully saturated rings. The molecule has 0 aromatic carbocycles. The van der Waals surface area contributed by atoms with Crippen LogP contribution in [0.1, 0.15) is 58.3 Å². The fourth-order valence-corrected chi connectivity index (χ4v) is 3.15. The number of rotatable bonds is 4. The molecule has 0 atom stereocenters. The first-order valence-corrected chi connectivity index (χ1v) is 7.84. The van der Waals surface area contributed by atoms with Crippen molar-refractivity contribution >= 4 is 5.91 Å². The summed E-state index contributed by atoms with van der Waals surface area (Å²) in [6.07, 6.45) is 9.84. The van der Waals surface area contributed by atoms with Crippen LogP contribution in [0.2, 0.25) is 0 Å². The van der Waals surface area contributed by atoms with Gasteiger partial charge in [0.15, 0.2) is 0 Å². The molecule has 0 bridgehead atoms. The highest BCUT2D eigenvalue weighted by Crippen LogP contribution is 2.25. The van der Waals surface area contributed by atoms with Crippen LogP contribution in [-0.2, 0) is 4.79 Å². The van der Waals surface area contributed by atoms with Gasteiger partial charge in [-0.2, -0.15) is 0 Å². The van der Waals surface area contributed by atoms with E-state index in [0.29, 0.717) is 17.9 Å². The zero-order valence-corrected chi connectivity index (χ0v) is 11.8. The minimum atomic E-state index is 0.317. The molecule has 18 heavy (non-hydrogen) atoms. The van der Waals surface area contributed by atoms with E-state index in [0.717, 1.165) is 38.9 Å². The Kier molecular flexibility index (Phi) is 5.48. The standard InChI is InChI=1S/C15H28N2O/c1-2-10-17(14-11-16-12-14)15(18)13-8-6-4-3-5-7-9-13/h13-14,16H,2-12H2,1H3. The van der Waals surface area contributed by atoms with Crippen LogP contribution in [0, 0.1) is 5.92 Å². The van der Waals surface area contributed by atoms with Crippen molar-refractivity contribution < 1.29 is 4.79 Å². The number of nitrogens with zero attached hydrogens (tertiary/aromatic N) is 1. The Hall–Kier alpha value is -0.570. The van der Waals surface area contributed by atoms with Crippen LogP contribution in [0.25, 0.3) is 0 Å². The maximum absolute atomic E-state index is 12.7. The van der Waals surface area contributed by atoms with Gasteiger partial charge in [0.25, 0.3) is 0 Å². The molecular weight excluding hydrogens is 224 g/mol. The van der Waals surface area contributed by atoms with Gasteiger partial charge in [-0.05, 0) is 19.3 Å². The highest BCUT2D eigenvalue weighted by molar-refractivity contribution is 5.79. The molecule has 3 nitrogen and oxygen atoms in total. The highest BCUT2D eigenvalue weighted by atomic mass is 16.2. The SMILES string of the molecule is CCCN(C(=O)C1CCCCCCC1)C1CNC1. The molecule has 1 amide bonds. The van der Waals surface area contributed by atoms with Gasteiger partial charge < -0.3 is 10.2 Å². The molecule has 1 saturated carbocycles. The molecule has 0 aromatic heterocycles. The molecule has 0 spiro atoms. The number of hydrogen-bond donors (Lipinski definition) is 1. The van der Waals surface area contributed by atoms with E-state index in [1.54, 1.807) is 0 Å². The Labute approximate surface area is 111 Å². The Bertz CT molecular complexity index is 255. The van der Waals surface area contributed by atoms with Gasteiger partial charge in [-0.3, -0.25) is 4.79 Å². The maximum Gasteiger partial charge on any atom is 0.226 e. The van der Waals surface area contributed by atoms with Crippen molar-refractivity contribution in [3.8, 4) is 0 Å². The molecule has 2 aliphatic rings. The van der Waals surface area contributed by atoms with Gasteiger partial charge in [0, 0.05) is 25.6 Å². The van der Waals surface area contributed by atoms with Crippen molar-refractivity contribution in [1.82, 2.24) is 10.2 Å². The monoisotopic (exact) mass is 252 g/mol. The second-order valence-corrected chi connectivity index (χ2v) is 5.89. The number of nitrogens with one attached hydrogen (secondary N) is 1. The molecule has 3 heteroatoms. The number of amides is 1. The zero-order chi connectivity index (χ0) is 12.8. The maximum atomic E-state index is 12.7. The molecule has 0 radical (unpaired) electrons. The molecule has 1 saturated heterocycles. The van der Waals surface area contributed by atoms with Gasteiger partial charge >= 0.3 is 0 Å². The van der Waals surface area contributed by atoms with Gasteiger partial charge in [0.2, 0.25) is 5.91 Å². The average molecular weight is 252 g/mol. The fraction of sp³-hybridized carbons (Fsp3) is 0.933. The van der Waals surface area contributed by atoms with E-state index in [1.165, 1.54) is 32.1 Å². The molecule has 1 aliphatic carbocycles. The molecule has 1 N–H and O–H groups in total. The van der Waals surface area contributed by atoms with Gasteiger partial charge in [-0.25, -0.2) is 0 Å². The van der Waals surface area contributed by atoms with Crippen molar-refractivity contribution in [2.45, 2.75) is 64.3 Å². The lowest BCUT2D eigenvalue weighted by Gasteiger charge is -2.40. The summed E-state index contributed by atoms with van der Waals surface area (Å²) in [4.78, 5) is 14.9.